The average Bonchev–Trinajstić information content (AvgIpc) is 3.02. The molecular weight excluding hydrogens is 465 g/mol. The highest BCUT2D eigenvalue weighted by Gasteiger charge is 2.35. The zero-order valence-corrected chi connectivity index (χ0v) is 18.2. The molecule has 0 aliphatic rings. The number of rotatable bonds is 6. The lowest BCUT2D eigenvalue weighted by atomic mass is 9.84. The first-order valence-electron chi connectivity index (χ1n) is 10.1. The molecule has 1 unspecified atom stereocenters. The van der Waals surface area contributed by atoms with Gasteiger partial charge in [-0.05, 0) is 42.7 Å². The fraction of sp³-hybridized carbons (Fsp3) is 0.304. The van der Waals surface area contributed by atoms with Crippen molar-refractivity contribution in [3.05, 3.63) is 58.8 Å². The van der Waals surface area contributed by atoms with Crippen molar-refractivity contribution in [1.82, 2.24) is 4.57 Å². The second-order valence-corrected chi connectivity index (χ2v) is 7.83. The zero-order valence-electron chi connectivity index (χ0n) is 18.2. The maximum Gasteiger partial charge on any atom is 0.573 e. The summed E-state index contributed by atoms with van der Waals surface area (Å²) in [5.74, 6) is -8.66. The SMILES string of the molecule is CCC(C)[C@@H](C(=O)O)c1c(C)n(C(=O)c2ccc(OC(F)(F)F)cc2)c2cc(F)c(O)c(F)c12. The summed E-state index contributed by atoms with van der Waals surface area (Å²) < 4.78 is 71.2. The monoisotopic (exact) mass is 485 g/mol. The Labute approximate surface area is 190 Å². The summed E-state index contributed by atoms with van der Waals surface area (Å²) in [6, 6.07) is 4.57. The quantitative estimate of drug-likeness (QED) is 0.435. The molecule has 3 rings (SSSR count). The number of carboxylic acids is 1. The molecule has 0 radical (unpaired) electrons. The van der Waals surface area contributed by atoms with E-state index in [9.17, 15) is 37.4 Å². The van der Waals surface area contributed by atoms with Crippen LogP contribution in [0.1, 0.15) is 47.8 Å². The standard InChI is InChI=1S/C23H20F5NO5/c1-4-10(2)16(22(32)33)17-11(3)29(15-9-14(24)20(30)19(25)18(15)17)21(31)12-5-7-13(8-6-12)34-23(26,27)28/h5-10,16,30H,4H2,1-3H3,(H,32,33)/t10?,16-/m1/s1. The fourth-order valence-corrected chi connectivity index (χ4v) is 3.97. The predicted molar refractivity (Wildman–Crippen MR) is 111 cm³/mol. The van der Waals surface area contributed by atoms with Crippen LogP contribution >= 0.6 is 0 Å². The highest BCUT2D eigenvalue weighted by Crippen LogP contribution is 2.41. The molecule has 0 amide bonds. The molecule has 2 atom stereocenters. The van der Waals surface area contributed by atoms with Crippen molar-refractivity contribution in [3.63, 3.8) is 0 Å². The number of nitrogens with zero attached hydrogens (tertiary/aromatic N) is 1. The molecule has 11 heteroatoms. The lowest BCUT2D eigenvalue weighted by Gasteiger charge is -2.20. The summed E-state index contributed by atoms with van der Waals surface area (Å²) in [5.41, 5.74) is -0.580. The van der Waals surface area contributed by atoms with Crippen molar-refractivity contribution in [2.24, 2.45) is 5.92 Å². The van der Waals surface area contributed by atoms with Gasteiger partial charge in [0, 0.05) is 22.7 Å². The van der Waals surface area contributed by atoms with Gasteiger partial charge in [0.15, 0.2) is 17.4 Å². The Hall–Kier alpha value is -3.63. The zero-order chi connectivity index (χ0) is 25.5. The molecular formula is C23H20F5NO5. The lowest BCUT2D eigenvalue weighted by molar-refractivity contribution is -0.274. The first-order chi connectivity index (χ1) is 15.8. The summed E-state index contributed by atoms with van der Waals surface area (Å²) in [4.78, 5) is 25.4. The number of aromatic nitrogens is 1. The van der Waals surface area contributed by atoms with Gasteiger partial charge in [-0.1, -0.05) is 20.3 Å². The number of benzene rings is 2. The van der Waals surface area contributed by atoms with Gasteiger partial charge >= 0.3 is 12.3 Å². The molecule has 3 aromatic rings. The van der Waals surface area contributed by atoms with Gasteiger partial charge in [-0.3, -0.25) is 14.2 Å². The van der Waals surface area contributed by atoms with Gasteiger partial charge in [0.25, 0.3) is 5.91 Å². The molecule has 1 heterocycles. The number of carbonyl (C=O) groups is 2. The predicted octanol–water partition coefficient (Wildman–Crippen LogP) is 5.73. The number of halogens is 5. The van der Waals surface area contributed by atoms with E-state index >= 15 is 4.39 Å². The first kappa shape index (κ1) is 25.0. The lowest BCUT2D eigenvalue weighted by Crippen LogP contribution is -2.21. The summed E-state index contributed by atoms with van der Waals surface area (Å²) in [6.45, 7) is 4.68. The average molecular weight is 485 g/mol. The number of hydrogen-bond donors (Lipinski definition) is 2. The summed E-state index contributed by atoms with van der Waals surface area (Å²) in [5, 5.41) is 19.3. The van der Waals surface area contributed by atoms with Crippen LogP contribution in [0, 0.1) is 24.5 Å². The Morgan fingerprint density at radius 3 is 2.24 bits per heavy atom. The number of hydrogen-bond acceptors (Lipinski definition) is 4. The molecule has 0 aliphatic carbocycles. The van der Waals surface area contributed by atoms with E-state index in [2.05, 4.69) is 4.74 Å². The molecule has 6 nitrogen and oxygen atoms in total. The van der Waals surface area contributed by atoms with Gasteiger partial charge < -0.3 is 14.9 Å². The van der Waals surface area contributed by atoms with Crippen molar-refractivity contribution < 1.29 is 46.5 Å². The van der Waals surface area contributed by atoms with Crippen molar-refractivity contribution in [2.75, 3.05) is 0 Å². The molecule has 0 saturated heterocycles. The molecule has 2 aromatic carbocycles. The second-order valence-electron chi connectivity index (χ2n) is 7.83. The molecule has 0 fully saturated rings. The number of carboxylic acid groups (broad SMARTS) is 1. The van der Waals surface area contributed by atoms with Crippen LogP contribution in [0.4, 0.5) is 22.0 Å². The largest absolute Gasteiger partial charge is 0.573 e. The van der Waals surface area contributed by atoms with E-state index in [1.54, 1.807) is 13.8 Å². The molecule has 34 heavy (non-hydrogen) atoms. The van der Waals surface area contributed by atoms with E-state index in [4.69, 9.17) is 0 Å². The highest BCUT2D eigenvalue weighted by atomic mass is 19.4. The molecule has 2 N–H and O–H groups in total. The summed E-state index contributed by atoms with van der Waals surface area (Å²) in [6.07, 6.45) is -4.56. The van der Waals surface area contributed by atoms with Crippen molar-refractivity contribution in [2.45, 2.75) is 39.5 Å². The van der Waals surface area contributed by atoms with Crippen LogP contribution in [0.15, 0.2) is 30.3 Å². The van der Waals surface area contributed by atoms with Gasteiger partial charge in [0.1, 0.15) is 5.75 Å². The van der Waals surface area contributed by atoms with Gasteiger partial charge in [-0.2, -0.15) is 0 Å². The Kier molecular flexibility index (Phi) is 6.59. The van der Waals surface area contributed by atoms with E-state index < -0.39 is 58.6 Å². The number of phenolic OH excluding ortho intramolecular Hbond substituents is 1. The molecule has 0 spiro atoms. The van der Waals surface area contributed by atoms with Crippen LogP contribution in [0.25, 0.3) is 10.9 Å². The normalized spacial score (nSPS) is 13.6. The third kappa shape index (κ3) is 4.42. The molecule has 182 valence electrons. The number of carbonyl (C=O) groups excluding carboxylic acids is 1. The number of phenols is 1. The molecule has 1 aromatic heterocycles. The van der Waals surface area contributed by atoms with Crippen molar-refractivity contribution in [1.29, 1.82) is 0 Å². The van der Waals surface area contributed by atoms with Crippen LogP contribution < -0.4 is 4.74 Å². The maximum atomic E-state index is 15.0. The topological polar surface area (TPSA) is 88.8 Å². The molecule has 0 aliphatic heterocycles. The van der Waals surface area contributed by atoms with Gasteiger partial charge in [0.2, 0.25) is 0 Å². The molecule has 0 bridgehead atoms. The number of aliphatic carboxylic acids is 1. The van der Waals surface area contributed by atoms with Crippen LogP contribution in [-0.4, -0.2) is 33.0 Å². The highest BCUT2D eigenvalue weighted by molar-refractivity contribution is 6.05. The third-order valence-corrected chi connectivity index (χ3v) is 5.74. The number of alkyl halides is 3. The van der Waals surface area contributed by atoms with E-state index in [0.29, 0.717) is 12.5 Å². The fourth-order valence-electron chi connectivity index (χ4n) is 3.97. The number of fused-ring (bicyclic) bond motifs is 1. The minimum atomic E-state index is -4.94. The van der Waals surface area contributed by atoms with Crippen LogP contribution in [-0.2, 0) is 4.79 Å². The van der Waals surface area contributed by atoms with Crippen LogP contribution in [0.5, 0.6) is 11.5 Å². The number of aromatic hydroxyl groups is 1. The van der Waals surface area contributed by atoms with Gasteiger partial charge in [0.05, 0.1) is 11.4 Å². The Morgan fingerprint density at radius 1 is 1.15 bits per heavy atom. The summed E-state index contributed by atoms with van der Waals surface area (Å²) in [7, 11) is 0. The summed E-state index contributed by atoms with van der Waals surface area (Å²) >= 11 is 0. The van der Waals surface area contributed by atoms with Crippen LogP contribution in [0.3, 0.4) is 0 Å². The minimum absolute atomic E-state index is 0.00721. The van der Waals surface area contributed by atoms with Gasteiger partial charge in [-0.25, -0.2) is 8.78 Å². The van der Waals surface area contributed by atoms with E-state index in [1.165, 1.54) is 6.92 Å². The minimum Gasteiger partial charge on any atom is -0.503 e. The van der Waals surface area contributed by atoms with E-state index in [-0.39, 0.29) is 22.3 Å². The Morgan fingerprint density at radius 2 is 1.74 bits per heavy atom. The Bertz CT molecular complexity index is 1260. The van der Waals surface area contributed by atoms with Gasteiger partial charge in [-0.15, -0.1) is 13.2 Å². The van der Waals surface area contributed by atoms with E-state index in [1.807, 2.05) is 0 Å². The maximum absolute atomic E-state index is 15.0. The van der Waals surface area contributed by atoms with E-state index in [0.717, 1.165) is 28.8 Å². The van der Waals surface area contributed by atoms with Crippen molar-refractivity contribution in [3.8, 4) is 11.5 Å². The third-order valence-electron chi connectivity index (χ3n) is 5.74. The molecule has 0 saturated carbocycles. The Balaban J connectivity index is 2.27. The number of ether oxygens (including phenoxy) is 1. The first-order valence-corrected chi connectivity index (χ1v) is 10.1. The smallest absolute Gasteiger partial charge is 0.503 e. The second kappa shape index (κ2) is 8.96. The van der Waals surface area contributed by atoms with Crippen molar-refractivity contribution >= 4 is 22.8 Å². The van der Waals surface area contributed by atoms with Crippen LogP contribution in [0.2, 0.25) is 0 Å².